The molecule has 2 heterocycles. The number of rotatable bonds is 10. The zero-order valence-electron chi connectivity index (χ0n) is 15.7. The van der Waals surface area contributed by atoms with E-state index in [2.05, 4.69) is 4.99 Å². The molecule has 0 aromatic rings. The SMILES string of the molecule is CC(=O)CCCCN1C(=O)C2C(=NC=[N+]2CCCCC(C)=O)N(C)C1=O. The summed E-state index contributed by atoms with van der Waals surface area (Å²) in [6.45, 7) is 4.01. The number of urea groups is 1. The molecule has 1 saturated heterocycles. The van der Waals surface area contributed by atoms with E-state index in [1.807, 2.05) is 4.58 Å². The number of hydrogen-bond donors (Lipinski definition) is 0. The van der Waals surface area contributed by atoms with Crippen molar-refractivity contribution in [1.29, 1.82) is 0 Å². The Morgan fingerprint density at radius 3 is 2.31 bits per heavy atom. The minimum absolute atomic E-state index is 0.106. The zero-order valence-corrected chi connectivity index (χ0v) is 15.7. The Balaban J connectivity index is 1.97. The van der Waals surface area contributed by atoms with Gasteiger partial charge in [0.15, 0.2) is 0 Å². The van der Waals surface area contributed by atoms with E-state index in [9.17, 15) is 19.2 Å². The van der Waals surface area contributed by atoms with E-state index in [1.165, 1.54) is 16.7 Å². The first-order chi connectivity index (χ1) is 12.3. The average molecular weight is 363 g/mol. The Morgan fingerprint density at radius 2 is 1.69 bits per heavy atom. The number of aliphatic imine (C=N–C) groups is 1. The molecule has 2 aliphatic rings. The molecule has 2 rings (SSSR count). The van der Waals surface area contributed by atoms with Gasteiger partial charge in [-0.15, -0.1) is 0 Å². The quantitative estimate of drug-likeness (QED) is 0.431. The van der Waals surface area contributed by atoms with Crippen LogP contribution in [-0.4, -0.2) is 76.2 Å². The highest BCUT2D eigenvalue weighted by molar-refractivity contribution is 6.21. The maximum Gasteiger partial charge on any atom is 0.333 e. The van der Waals surface area contributed by atoms with Gasteiger partial charge in [-0.3, -0.25) is 14.6 Å². The molecule has 0 aliphatic carbocycles. The molecule has 0 N–H and O–H groups in total. The highest BCUT2D eigenvalue weighted by Crippen LogP contribution is 2.19. The van der Waals surface area contributed by atoms with Gasteiger partial charge in [0, 0.05) is 26.4 Å². The molecule has 8 nitrogen and oxygen atoms in total. The van der Waals surface area contributed by atoms with E-state index in [-0.39, 0.29) is 23.5 Å². The van der Waals surface area contributed by atoms with Crippen LogP contribution in [0.4, 0.5) is 4.79 Å². The van der Waals surface area contributed by atoms with E-state index < -0.39 is 6.04 Å². The maximum absolute atomic E-state index is 12.9. The van der Waals surface area contributed by atoms with Crippen LogP contribution in [0.15, 0.2) is 4.99 Å². The molecule has 0 spiro atoms. The number of fused-ring (bicyclic) bond motifs is 1. The van der Waals surface area contributed by atoms with Gasteiger partial charge < -0.3 is 9.59 Å². The summed E-state index contributed by atoms with van der Waals surface area (Å²) in [7, 11) is 1.62. The summed E-state index contributed by atoms with van der Waals surface area (Å²) in [6, 6.07) is -0.956. The standard InChI is InChI=1S/C18H27N4O4/c1-13(23)8-4-6-10-21-12-19-16-15(21)17(25)22(18(26)20(16)3)11-7-5-9-14(2)24/h12,15H,4-11H2,1-3H3/q+1. The van der Waals surface area contributed by atoms with Crippen LogP contribution >= 0.6 is 0 Å². The number of unbranched alkanes of at least 4 members (excludes halogenated alkanes) is 2. The predicted octanol–water partition coefficient (Wildman–Crippen LogP) is 1.22. The van der Waals surface area contributed by atoms with Crippen LogP contribution < -0.4 is 0 Å². The fraction of sp³-hybridized carbons (Fsp3) is 0.667. The smallest absolute Gasteiger partial charge is 0.300 e. The number of Topliss-reactive ketones (excluding diaryl/α,β-unsaturated/α-hetero) is 2. The molecule has 26 heavy (non-hydrogen) atoms. The third-order valence-corrected chi connectivity index (χ3v) is 4.63. The molecule has 1 unspecified atom stereocenters. The van der Waals surface area contributed by atoms with E-state index in [0.717, 1.165) is 12.8 Å². The van der Waals surface area contributed by atoms with Crippen LogP contribution in [0.2, 0.25) is 0 Å². The minimum Gasteiger partial charge on any atom is -0.300 e. The number of carbonyl (C=O) groups excluding carboxylic acids is 4. The lowest BCUT2D eigenvalue weighted by molar-refractivity contribution is -0.531. The van der Waals surface area contributed by atoms with Crippen molar-refractivity contribution in [3.05, 3.63) is 0 Å². The lowest BCUT2D eigenvalue weighted by atomic mass is 10.1. The largest absolute Gasteiger partial charge is 0.333 e. The number of hydrogen-bond acceptors (Lipinski definition) is 5. The van der Waals surface area contributed by atoms with Crippen LogP contribution in [0.5, 0.6) is 0 Å². The Hall–Kier alpha value is -2.38. The van der Waals surface area contributed by atoms with Gasteiger partial charge in [0.05, 0.1) is 6.54 Å². The molecular weight excluding hydrogens is 336 g/mol. The molecule has 1 fully saturated rings. The topological polar surface area (TPSA) is 90.1 Å². The van der Waals surface area contributed by atoms with Gasteiger partial charge in [0.2, 0.25) is 0 Å². The number of nitrogens with zero attached hydrogens (tertiary/aromatic N) is 4. The van der Waals surface area contributed by atoms with Crippen LogP contribution in [0, 0.1) is 0 Å². The molecule has 3 amide bonds. The summed E-state index contributed by atoms with van der Waals surface area (Å²) < 4.78 is 1.84. The van der Waals surface area contributed by atoms with Crippen molar-refractivity contribution >= 4 is 35.7 Å². The number of amidine groups is 1. The number of imide groups is 1. The maximum atomic E-state index is 12.9. The summed E-state index contributed by atoms with van der Waals surface area (Å²) in [4.78, 5) is 54.3. The van der Waals surface area contributed by atoms with Gasteiger partial charge in [-0.05, 0) is 44.5 Å². The van der Waals surface area contributed by atoms with Gasteiger partial charge in [0.1, 0.15) is 11.6 Å². The zero-order chi connectivity index (χ0) is 19.3. The second-order valence-electron chi connectivity index (χ2n) is 6.89. The second-order valence-corrected chi connectivity index (χ2v) is 6.89. The van der Waals surface area contributed by atoms with Crippen molar-refractivity contribution in [1.82, 2.24) is 9.80 Å². The van der Waals surface area contributed by atoms with E-state index >= 15 is 0 Å². The van der Waals surface area contributed by atoms with Crippen LogP contribution in [0.3, 0.4) is 0 Å². The normalized spacial score (nSPS) is 19.4. The molecule has 142 valence electrons. The van der Waals surface area contributed by atoms with Crippen molar-refractivity contribution in [3.8, 4) is 0 Å². The highest BCUT2D eigenvalue weighted by atomic mass is 16.2. The third kappa shape index (κ3) is 4.62. The van der Waals surface area contributed by atoms with Gasteiger partial charge in [-0.2, -0.15) is 0 Å². The Bertz CT molecular complexity index is 668. The van der Waals surface area contributed by atoms with Crippen molar-refractivity contribution in [2.24, 2.45) is 4.99 Å². The fourth-order valence-corrected chi connectivity index (χ4v) is 3.17. The van der Waals surface area contributed by atoms with Crippen molar-refractivity contribution < 1.29 is 23.8 Å². The number of amides is 3. The molecule has 0 radical (unpaired) electrons. The summed E-state index contributed by atoms with van der Waals surface area (Å²) in [6.07, 6.45) is 5.39. The summed E-state index contributed by atoms with van der Waals surface area (Å²) >= 11 is 0. The Kier molecular flexibility index (Phi) is 6.76. The van der Waals surface area contributed by atoms with Gasteiger partial charge in [0.25, 0.3) is 24.1 Å². The first kappa shape index (κ1) is 19.9. The predicted molar refractivity (Wildman–Crippen MR) is 96.4 cm³/mol. The first-order valence-corrected chi connectivity index (χ1v) is 9.07. The molecular formula is C18H27N4O4+. The molecule has 0 aromatic heterocycles. The molecule has 2 aliphatic heterocycles. The summed E-state index contributed by atoms with van der Waals surface area (Å²) in [5.41, 5.74) is 0. The molecule has 8 heteroatoms. The van der Waals surface area contributed by atoms with Gasteiger partial charge >= 0.3 is 6.03 Å². The molecule has 1 atom stereocenters. The number of carbonyl (C=O) groups is 4. The lowest BCUT2D eigenvalue weighted by Gasteiger charge is -2.33. The molecule has 0 saturated carbocycles. The van der Waals surface area contributed by atoms with Gasteiger partial charge in [-0.25, -0.2) is 9.37 Å². The van der Waals surface area contributed by atoms with Crippen molar-refractivity contribution in [3.63, 3.8) is 0 Å². The van der Waals surface area contributed by atoms with Gasteiger partial charge in [-0.1, -0.05) is 0 Å². The van der Waals surface area contributed by atoms with E-state index in [1.54, 1.807) is 20.3 Å². The van der Waals surface area contributed by atoms with E-state index in [0.29, 0.717) is 44.6 Å². The Labute approximate surface area is 153 Å². The highest BCUT2D eigenvalue weighted by Gasteiger charge is 2.51. The molecule has 0 bridgehead atoms. The van der Waals surface area contributed by atoms with Crippen molar-refractivity contribution in [2.45, 2.75) is 58.4 Å². The Morgan fingerprint density at radius 1 is 1.08 bits per heavy atom. The third-order valence-electron chi connectivity index (χ3n) is 4.63. The van der Waals surface area contributed by atoms with Crippen LogP contribution in [0.1, 0.15) is 52.4 Å². The lowest BCUT2D eigenvalue weighted by Crippen LogP contribution is -2.62. The fourth-order valence-electron chi connectivity index (χ4n) is 3.17. The second kappa shape index (κ2) is 8.82. The molecule has 0 aromatic carbocycles. The van der Waals surface area contributed by atoms with Crippen molar-refractivity contribution in [2.75, 3.05) is 20.1 Å². The van der Waals surface area contributed by atoms with Crippen LogP contribution in [-0.2, 0) is 14.4 Å². The minimum atomic E-state index is -0.581. The number of likely N-dealkylation sites (N-methyl/N-ethyl adjacent to an activating group) is 1. The monoisotopic (exact) mass is 363 g/mol. The van der Waals surface area contributed by atoms with E-state index in [4.69, 9.17) is 0 Å². The first-order valence-electron chi connectivity index (χ1n) is 9.07. The number of ketones is 2. The summed E-state index contributed by atoms with van der Waals surface area (Å²) in [5.74, 6) is 0.444. The van der Waals surface area contributed by atoms with Crippen LogP contribution in [0.25, 0.3) is 0 Å². The summed E-state index contributed by atoms with van der Waals surface area (Å²) in [5, 5.41) is 0. The average Bonchev–Trinajstić information content (AvgIpc) is 3.00.